The highest BCUT2D eigenvalue weighted by Gasteiger charge is 2.14. The molecular formula is C16H13BrF2N2. The first kappa shape index (κ1) is 15.6. The molecule has 21 heavy (non-hydrogen) atoms. The molecule has 1 N–H and O–H groups in total. The summed E-state index contributed by atoms with van der Waals surface area (Å²) in [6.07, 6.45) is 0. The van der Waals surface area contributed by atoms with Crippen LogP contribution in [0.3, 0.4) is 0 Å². The minimum Gasteiger partial charge on any atom is -0.306 e. The summed E-state index contributed by atoms with van der Waals surface area (Å²) in [5, 5.41) is 11.8. The highest BCUT2D eigenvalue weighted by atomic mass is 79.9. The predicted octanol–water partition coefficient (Wildman–Crippen LogP) is 4.45. The summed E-state index contributed by atoms with van der Waals surface area (Å²) < 4.78 is 28.5. The Labute approximate surface area is 130 Å². The molecule has 5 heteroatoms. The average molecular weight is 351 g/mol. The van der Waals surface area contributed by atoms with Crippen molar-refractivity contribution in [1.29, 1.82) is 5.26 Å². The molecule has 2 aromatic rings. The van der Waals surface area contributed by atoms with Crippen LogP contribution in [0.2, 0.25) is 0 Å². The van der Waals surface area contributed by atoms with Gasteiger partial charge in [0.25, 0.3) is 0 Å². The van der Waals surface area contributed by atoms with Gasteiger partial charge in [0.2, 0.25) is 0 Å². The van der Waals surface area contributed by atoms with Crippen LogP contribution in [0.1, 0.15) is 29.7 Å². The maximum Gasteiger partial charge on any atom is 0.131 e. The van der Waals surface area contributed by atoms with E-state index >= 15 is 0 Å². The number of hydrogen-bond donors (Lipinski definition) is 1. The molecule has 0 aliphatic rings. The van der Waals surface area contributed by atoms with E-state index in [0.29, 0.717) is 0 Å². The number of benzene rings is 2. The lowest BCUT2D eigenvalue weighted by molar-refractivity contribution is 0.508. The smallest absolute Gasteiger partial charge is 0.131 e. The van der Waals surface area contributed by atoms with Gasteiger partial charge in [-0.3, -0.25) is 0 Å². The lowest BCUT2D eigenvalue weighted by Gasteiger charge is -2.16. The molecule has 0 spiro atoms. The minimum atomic E-state index is -0.710. The number of nitrogens with zero attached hydrogens (tertiary/aromatic N) is 1. The number of halogens is 3. The minimum absolute atomic E-state index is 0.0207. The molecule has 108 valence electrons. The SMILES string of the molecule is CC(NCc1c(F)cc(C#N)cc1F)c1ccccc1Br. The molecule has 0 aliphatic carbocycles. The van der Waals surface area contributed by atoms with Gasteiger partial charge in [0, 0.05) is 22.6 Å². The van der Waals surface area contributed by atoms with E-state index in [1.54, 1.807) is 6.07 Å². The van der Waals surface area contributed by atoms with Gasteiger partial charge >= 0.3 is 0 Å². The summed E-state index contributed by atoms with van der Waals surface area (Å²) in [5.74, 6) is -1.42. The van der Waals surface area contributed by atoms with E-state index in [0.717, 1.165) is 22.2 Å². The van der Waals surface area contributed by atoms with Crippen LogP contribution in [-0.2, 0) is 6.54 Å². The van der Waals surface area contributed by atoms with Gasteiger partial charge in [0.1, 0.15) is 11.6 Å². The molecule has 0 aromatic heterocycles. The summed E-state index contributed by atoms with van der Waals surface area (Å²) >= 11 is 3.45. The fraction of sp³-hybridized carbons (Fsp3) is 0.188. The third kappa shape index (κ3) is 3.66. The topological polar surface area (TPSA) is 35.8 Å². The van der Waals surface area contributed by atoms with Crippen LogP contribution in [0.5, 0.6) is 0 Å². The summed E-state index contributed by atoms with van der Waals surface area (Å²) in [6, 6.07) is 11.4. The first-order valence-corrected chi connectivity index (χ1v) is 7.18. The van der Waals surface area contributed by atoms with Crippen LogP contribution >= 0.6 is 15.9 Å². The average Bonchev–Trinajstić information content (AvgIpc) is 2.46. The van der Waals surface area contributed by atoms with Crippen molar-refractivity contribution in [3.8, 4) is 6.07 Å². The third-order valence-corrected chi connectivity index (χ3v) is 3.95. The Morgan fingerprint density at radius 2 is 1.86 bits per heavy atom. The fourth-order valence-electron chi connectivity index (χ4n) is 2.03. The second-order valence-electron chi connectivity index (χ2n) is 4.65. The van der Waals surface area contributed by atoms with Gasteiger partial charge in [-0.1, -0.05) is 34.1 Å². The van der Waals surface area contributed by atoms with Crippen molar-refractivity contribution in [2.24, 2.45) is 0 Å². The van der Waals surface area contributed by atoms with Gasteiger partial charge in [-0.2, -0.15) is 5.26 Å². The molecule has 0 aliphatic heterocycles. The Bertz CT molecular complexity index is 672. The zero-order valence-corrected chi connectivity index (χ0v) is 12.9. The van der Waals surface area contributed by atoms with Crippen LogP contribution in [0.4, 0.5) is 8.78 Å². The Morgan fingerprint density at radius 1 is 1.24 bits per heavy atom. The van der Waals surface area contributed by atoms with Crippen molar-refractivity contribution in [1.82, 2.24) is 5.32 Å². The van der Waals surface area contributed by atoms with Gasteiger partial charge in [-0.15, -0.1) is 0 Å². The molecule has 0 heterocycles. The molecule has 0 saturated carbocycles. The molecule has 2 nitrogen and oxygen atoms in total. The second kappa shape index (κ2) is 6.79. The van der Waals surface area contributed by atoms with Gasteiger partial charge < -0.3 is 5.32 Å². The van der Waals surface area contributed by atoms with Crippen molar-refractivity contribution in [2.75, 3.05) is 0 Å². The lowest BCUT2D eigenvalue weighted by Crippen LogP contribution is -2.20. The summed E-state index contributed by atoms with van der Waals surface area (Å²) in [6.45, 7) is 1.96. The molecular weight excluding hydrogens is 338 g/mol. The van der Waals surface area contributed by atoms with E-state index in [1.807, 2.05) is 31.2 Å². The largest absolute Gasteiger partial charge is 0.306 e. The highest BCUT2D eigenvalue weighted by molar-refractivity contribution is 9.10. The van der Waals surface area contributed by atoms with Crippen molar-refractivity contribution < 1.29 is 8.78 Å². The monoisotopic (exact) mass is 350 g/mol. The number of nitrogens with one attached hydrogen (secondary N) is 1. The van der Waals surface area contributed by atoms with E-state index in [4.69, 9.17) is 5.26 Å². The lowest BCUT2D eigenvalue weighted by atomic mass is 10.1. The zero-order valence-electron chi connectivity index (χ0n) is 11.3. The molecule has 2 aromatic carbocycles. The molecule has 0 saturated heterocycles. The second-order valence-corrected chi connectivity index (χ2v) is 5.51. The maximum atomic E-state index is 13.8. The summed E-state index contributed by atoms with van der Waals surface area (Å²) in [5.41, 5.74) is 0.924. The van der Waals surface area contributed by atoms with E-state index in [2.05, 4.69) is 21.2 Å². The first-order chi connectivity index (χ1) is 10.0. The molecule has 0 radical (unpaired) electrons. The highest BCUT2D eigenvalue weighted by Crippen LogP contribution is 2.23. The van der Waals surface area contributed by atoms with Crippen LogP contribution < -0.4 is 5.32 Å². The van der Waals surface area contributed by atoms with Crippen molar-refractivity contribution >= 4 is 15.9 Å². The summed E-state index contributed by atoms with van der Waals surface area (Å²) in [7, 11) is 0. The van der Waals surface area contributed by atoms with Gasteiger partial charge in [0.15, 0.2) is 0 Å². The van der Waals surface area contributed by atoms with Crippen molar-refractivity contribution in [3.63, 3.8) is 0 Å². The molecule has 1 unspecified atom stereocenters. The standard InChI is InChI=1S/C16H13BrF2N2/c1-10(12-4-2-3-5-14(12)17)21-9-13-15(18)6-11(8-20)7-16(13)19/h2-7,10,21H,9H2,1H3. The third-order valence-electron chi connectivity index (χ3n) is 3.23. The normalized spacial score (nSPS) is 12.0. The Hall–Kier alpha value is -1.77. The maximum absolute atomic E-state index is 13.8. The first-order valence-electron chi connectivity index (χ1n) is 6.38. The molecule has 0 fully saturated rings. The van der Waals surface area contributed by atoms with Crippen molar-refractivity contribution in [3.05, 3.63) is 69.2 Å². The van der Waals surface area contributed by atoms with E-state index in [9.17, 15) is 8.78 Å². The fourth-order valence-corrected chi connectivity index (χ4v) is 2.66. The molecule has 1 atom stereocenters. The number of rotatable bonds is 4. The molecule has 0 amide bonds. The van der Waals surface area contributed by atoms with E-state index in [-0.39, 0.29) is 23.7 Å². The Kier molecular flexibility index (Phi) is 5.05. The van der Waals surface area contributed by atoms with Crippen LogP contribution in [0.25, 0.3) is 0 Å². The Balaban J connectivity index is 2.14. The number of hydrogen-bond acceptors (Lipinski definition) is 2. The van der Waals surface area contributed by atoms with Gasteiger partial charge in [-0.05, 0) is 30.7 Å². The summed E-state index contributed by atoms with van der Waals surface area (Å²) in [4.78, 5) is 0. The van der Waals surface area contributed by atoms with E-state index in [1.165, 1.54) is 0 Å². The quantitative estimate of drug-likeness (QED) is 0.884. The van der Waals surface area contributed by atoms with Crippen LogP contribution in [0.15, 0.2) is 40.9 Å². The van der Waals surface area contributed by atoms with Crippen LogP contribution in [-0.4, -0.2) is 0 Å². The molecule has 2 rings (SSSR count). The van der Waals surface area contributed by atoms with E-state index < -0.39 is 11.6 Å². The zero-order chi connectivity index (χ0) is 15.4. The van der Waals surface area contributed by atoms with Crippen molar-refractivity contribution in [2.45, 2.75) is 19.5 Å². The number of nitriles is 1. The molecule has 0 bridgehead atoms. The van der Waals surface area contributed by atoms with Crippen LogP contribution in [0, 0.1) is 23.0 Å². The van der Waals surface area contributed by atoms with Gasteiger partial charge in [0.05, 0.1) is 11.6 Å². The van der Waals surface area contributed by atoms with Gasteiger partial charge in [-0.25, -0.2) is 8.78 Å². The predicted molar refractivity (Wildman–Crippen MR) is 80.5 cm³/mol. The Morgan fingerprint density at radius 3 is 2.43 bits per heavy atom.